The molecule has 0 spiro atoms. The van der Waals surface area contributed by atoms with Crippen molar-refractivity contribution in [3.05, 3.63) is 0 Å². The van der Waals surface area contributed by atoms with Crippen LogP contribution in [-0.4, -0.2) is 13.2 Å². The minimum atomic E-state index is 0.432. The van der Waals surface area contributed by atoms with Crippen LogP contribution in [0.5, 0.6) is 0 Å². The average Bonchev–Trinajstić information content (AvgIpc) is 1.88. The third-order valence-electron chi connectivity index (χ3n) is 1.92. The van der Waals surface area contributed by atoms with Crippen LogP contribution >= 0.6 is 0 Å². The molecule has 0 aromatic rings. The highest BCUT2D eigenvalue weighted by atomic mass is 16.5. The molecule has 0 aliphatic heterocycles. The van der Waals surface area contributed by atoms with Gasteiger partial charge < -0.3 is 4.74 Å². The molecule has 0 fully saturated rings. The molecule has 0 saturated carbocycles. The monoisotopic (exact) mass is 144 g/mol. The summed E-state index contributed by atoms with van der Waals surface area (Å²) in [6, 6.07) is 0. The maximum atomic E-state index is 5.17. The van der Waals surface area contributed by atoms with Gasteiger partial charge in [0.05, 0.1) is 6.10 Å². The zero-order valence-electron chi connectivity index (χ0n) is 7.68. The molecule has 10 heavy (non-hydrogen) atoms. The topological polar surface area (TPSA) is 9.23 Å². The first-order valence-electron chi connectivity index (χ1n) is 4.23. The van der Waals surface area contributed by atoms with Crippen molar-refractivity contribution in [1.29, 1.82) is 0 Å². The summed E-state index contributed by atoms with van der Waals surface area (Å²) in [5, 5.41) is 0. The lowest BCUT2D eigenvalue weighted by Gasteiger charge is -2.14. The van der Waals surface area contributed by atoms with E-state index in [1.807, 2.05) is 0 Å². The van der Waals surface area contributed by atoms with E-state index in [1.54, 1.807) is 7.11 Å². The van der Waals surface area contributed by atoms with Crippen LogP contribution in [0, 0.1) is 5.92 Å². The van der Waals surface area contributed by atoms with Crippen molar-refractivity contribution in [1.82, 2.24) is 0 Å². The van der Waals surface area contributed by atoms with Gasteiger partial charge in [-0.05, 0) is 19.3 Å². The van der Waals surface area contributed by atoms with Gasteiger partial charge in [-0.25, -0.2) is 0 Å². The molecule has 0 radical (unpaired) electrons. The van der Waals surface area contributed by atoms with Gasteiger partial charge in [-0.1, -0.05) is 26.7 Å². The largest absolute Gasteiger partial charge is 0.382 e. The van der Waals surface area contributed by atoms with Crippen LogP contribution in [0.3, 0.4) is 0 Å². The normalized spacial score (nSPS) is 16.8. The Morgan fingerprint density at radius 1 is 1.30 bits per heavy atom. The Hall–Kier alpha value is -0.0400. The summed E-state index contributed by atoms with van der Waals surface area (Å²) in [6.45, 7) is 6.65. The Bertz CT molecular complexity index is 71.1. The van der Waals surface area contributed by atoms with Crippen LogP contribution < -0.4 is 0 Å². The second-order valence-electron chi connectivity index (χ2n) is 3.18. The summed E-state index contributed by atoms with van der Waals surface area (Å²) in [6.07, 6.45) is 4.25. The first-order valence-corrected chi connectivity index (χ1v) is 4.23. The van der Waals surface area contributed by atoms with E-state index in [2.05, 4.69) is 20.8 Å². The van der Waals surface area contributed by atoms with Crippen molar-refractivity contribution in [2.24, 2.45) is 5.92 Å². The van der Waals surface area contributed by atoms with Crippen molar-refractivity contribution in [3.63, 3.8) is 0 Å². The van der Waals surface area contributed by atoms with Crippen molar-refractivity contribution in [2.75, 3.05) is 7.11 Å². The second-order valence-corrected chi connectivity index (χ2v) is 3.18. The van der Waals surface area contributed by atoms with E-state index in [0.717, 1.165) is 5.92 Å². The Kier molecular flexibility index (Phi) is 5.70. The fourth-order valence-electron chi connectivity index (χ4n) is 1.27. The van der Waals surface area contributed by atoms with Crippen LogP contribution in [-0.2, 0) is 4.74 Å². The van der Waals surface area contributed by atoms with Gasteiger partial charge in [0.1, 0.15) is 0 Å². The number of ether oxygens (including phenoxy) is 1. The van der Waals surface area contributed by atoms with Crippen LogP contribution in [0.25, 0.3) is 0 Å². The lowest BCUT2D eigenvalue weighted by Crippen LogP contribution is -2.09. The number of rotatable bonds is 5. The quantitative estimate of drug-likeness (QED) is 0.576. The molecule has 0 heterocycles. The van der Waals surface area contributed by atoms with Gasteiger partial charge in [0.2, 0.25) is 0 Å². The van der Waals surface area contributed by atoms with Gasteiger partial charge in [0.15, 0.2) is 0 Å². The third kappa shape index (κ3) is 4.80. The predicted octanol–water partition coefficient (Wildman–Crippen LogP) is 2.85. The van der Waals surface area contributed by atoms with Crippen LogP contribution in [0.15, 0.2) is 0 Å². The molecule has 2 atom stereocenters. The van der Waals surface area contributed by atoms with Crippen LogP contribution in [0.2, 0.25) is 0 Å². The number of methoxy groups -OCH3 is 1. The molecule has 0 aromatic carbocycles. The van der Waals surface area contributed by atoms with E-state index in [4.69, 9.17) is 4.74 Å². The summed E-state index contributed by atoms with van der Waals surface area (Å²) in [5.41, 5.74) is 0. The molecular weight excluding hydrogens is 124 g/mol. The SMILES string of the molecule is CCCC(C)CC(C)OC. The molecule has 0 aliphatic rings. The van der Waals surface area contributed by atoms with Crippen molar-refractivity contribution < 1.29 is 4.74 Å². The molecule has 1 nitrogen and oxygen atoms in total. The maximum Gasteiger partial charge on any atom is 0.0545 e. The number of hydrogen-bond donors (Lipinski definition) is 0. The molecule has 0 rings (SSSR count). The number of hydrogen-bond acceptors (Lipinski definition) is 1. The van der Waals surface area contributed by atoms with Gasteiger partial charge in [0, 0.05) is 7.11 Å². The smallest absolute Gasteiger partial charge is 0.0545 e. The molecule has 62 valence electrons. The standard InChI is InChI=1S/C9H20O/c1-5-6-8(2)7-9(3)10-4/h8-9H,5-7H2,1-4H3. The van der Waals surface area contributed by atoms with Crippen molar-refractivity contribution in [2.45, 2.75) is 46.1 Å². The average molecular weight is 144 g/mol. The Morgan fingerprint density at radius 2 is 1.90 bits per heavy atom. The molecule has 0 amide bonds. The third-order valence-corrected chi connectivity index (χ3v) is 1.92. The second kappa shape index (κ2) is 5.72. The summed E-state index contributed by atoms with van der Waals surface area (Å²) in [5.74, 6) is 0.819. The lowest BCUT2D eigenvalue weighted by atomic mass is 9.99. The molecule has 0 N–H and O–H groups in total. The summed E-state index contributed by atoms with van der Waals surface area (Å²) < 4.78 is 5.17. The van der Waals surface area contributed by atoms with Gasteiger partial charge in [0.25, 0.3) is 0 Å². The minimum Gasteiger partial charge on any atom is -0.382 e. The molecule has 0 bridgehead atoms. The van der Waals surface area contributed by atoms with E-state index in [1.165, 1.54) is 19.3 Å². The fraction of sp³-hybridized carbons (Fsp3) is 1.00. The molecule has 0 saturated heterocycles. The molecular formula is C9H20O. The molecule has 0 aliphatic carbocycles. The first-order chi connectivity index (χ1) is 4.70. The van der Waals surface area contributed by atoms with E-state index in [-0.39, 0.29) is 0 Å². The van der Waals surface area contributed by atoms with Crippen LogP contribution in [0.1, 0.15) is 40.0 Å². The summed E-state index contributed by atoms with van der Waals surface area (Å²) >= 11 is 0. The lowest BCUT2D eigenvalue weighted by molar-refractivity contribution is 0.0960. The van der Waals surface area contributed by atoms with Crippen molar-refractivity contribution in [3.8, 4) is 0 Å². The zero-order chi connectivity index (χ0) is 7.98. The highest BCUT2D eigenvalue weighted by Gasteiger charge is 2.05. The van der Waals surface area contributed by atoms with Gasteiger partial charge in [-0.2, -0.15) is 0 Å². The fourth-order valence-corrected chi connectivity index (χ4v) is 1.27. The van der Waals surface area contributed by atoms with Gasteiger partial charge in [-0.3, -0.25) is 0 Å². The molecule has 1 heteroatoms. The summed E-state index contributed by atoms with van der Waals surface area (Å²) in [4.78, 5) is 0. The Morgan fingerprint density at radius 3 is 2.30 bits per heavy atom. The first kappa shape index (κ1) is 9.96. The van der Waals surface area contributed by atoms with Gasteiger partial charge >= 0.3 is 0 Å². The Balaban J connectivity index is 3.27. The van der Waals surface area contributed by atoms with Crippen LogP contribution in [0.4, 0.5) is 0 Å². The van der Waals surface area contributed by atoms with E-state index >= 15 is 0 Å². The van der Waals surface area contributed by atoms with E-state index in [0.29, 0.717) is 6.10 Å². The maximum absolute atomic E-state index is 5.17. The summed E-state index contributed by atoms with van der Waals surface area (Å²) in [7, 11) is 1.78. The predicted molar refractivity (Wildman–Crippen MR) is 45.2 cm³/mol. The molecule has 0 aromatic heterocycles. The highest BCUT2D eigenvalue weighted by molar-refractivity contribution is 4.57. The van der Waals surface area contributed by atoms with Gasteiger partial charge in [-0.15, -0.1) is 0 Å². The van der Waals surface area contributed by atoms with Crippen molar-refractivity contribution >= 4 is 0 Å². The van der Waals surface area contributed by atoms with E-state index < -0.39 is 0 Å². The zero-order valence-corrected chi connectivity index (χ0v) is 7.68. The Labute approximate surface area is 64.8 Å². The minimum absolute atomic E-state index is 0.432. The van der Waals surface area contributed by atoms with E-state index in [9.17, 15) is 0 Å². The molecule has 2 unspecified atom stereocenters. The highest BCUT2D eigenvalue weighted by Crippen LogP contribution is 2.13.